The molecule has 0 unspecified atom stereocenters. The molecule has 0 aliphatic carbocycles. The Balaban J connectivity index is 3.01. The molecule has 0 fully saturated rings. The maximum Gasteiger partial charge on any atom is 0.0856 e. The lowest BCUT2D eigenvalue weighted by Crippen LogP contribution is -1.76. The van der Waals surface area contributed by atoms with E-state index in [4.69, 9.17) is 16.9 Å². The molecule has 0 aliphatic heterocycles. The second-order valence-electron chi connectivity index (χ2n) is 1.85. The molecule has 0 amide bonds. The van der Waals surface area contributed by atoms with Gasteiger partial charge in [0.05, 0.1) is 6.07 Å². The SMILES string of the molecule is N#Cc1cccc([CH-]Cl)c1. The maximum atomic E-state index is 8.45. The van der Waals surface area contributed by atoms with Crippen LogP contribution in [0.5, 0.6) is 0 Å². The molecule has 0 saturated carbocycles. The average Bonchev–Trinajstić information content (AvgIpc) is 2.05. The summed E-state index contributed by atoms with van der Waals surface area (Å²) in [5.74, 6) is 1.45. The van der Waals surface area contributed by atoms with Crippen LogP contribution in [-0.4, -0.2) is 0 Å². The zero-order chi connectivity index (χ0) is 7.40. The summed E-state index contributed by atoms with van der Waals surface area (Å²) in [7, 11) is 0. The first-order valence-corrected chi connectivity index (χ1v) is 3.24. The van der Waals surface area contributed by atoms with Crippen molar-refractivity contribution in [3.8, 4) is 6.07 Å². The van der Waals surface area contributed by atoms with Gasteiger partial charge in [-0.2, -0.15) is 28.5 Å². The van der Waals surface area contributed by atoms with E-state index in [-0.39, 0.29) is 0 Å². The highest BCUT2D eigenvalue weighted by molar-refractivity contribution is 6.25. The molecule has 0 atom stereocenters. The van der Waals surface area contributed by atoms with Gasteiger partial charge in [-0.3, -0.25) is 0 Å². The van der Waals surface area contributed by atoms with Crippen LogP contribution in [0, 0.1) is 17.2 Å². The Morgan fingerprint density at radius 1 is 1.50 bits per heavy atom. The van der Waals surface area contributed by atoms with Gasteiger partial charge in [-0.15, -0.1) is 12.1 Å². The molecule has 0 saturated heterocycles. The molecule has 0 spiro atoms. The van der Waals surface area contributed by atoms with Gasteiger partial charge in [0.25, 0.3) is 0 Å². The van der Waals surface area contributed by atoms with Gasteiger partial charge in [0.15, 0.2) is 0 Å². The van der Waals surface area contributed by atoms with Crippen molar-refractivity contribution in [3.63, 3.8) is 0 Å². The molecule has 1 rings (SSSR count). The molecule has 50 valence electrons. The van der Waals surface area contributed by atoms with E-state index in [1.807, 2.05) is 12.1 Å². The molecule has 0 aromatic heterocycles. The molecule has 2 heteroatoms. The highest BCUT2D eigenvalue weighted by atomic mass is 35.5. The number of hydrogen-bond acceptors (Lipinski definition) is 1. The molecule has 0 bridgehead atoms. The van der Waals surface area contributed by atoms with E-state index in [1.165, 1.54) is 5.88 Å². The second-order valence-corrected chi connectivity index (χ2v) is 2.06. The van der Waals surface area contributed by atoms with Crippen molar-refractivity contribution in [3.05, 3.63) is 41.3 Å². The summed E-state index contributed by atoms with van der Waals surface area (Å²) in [6, 6.07) is 9.13. The fraction of sp³-hybridized carbons (Fsp3) is 0. The Hall–Kier alpha value is -1.13. The third-order valence-electron chi connectivity index (χ3n) is 1.14. The zero-order valence-corrected chi connectivity index (χ0v) is 5.97. The molecule has 10 heavy (non-hydrogen) atoms. The minimum absolute atomic E-state index is 0.634. The Labute approximate surface area is 64.9 Å². The normalized spacial score (nSPS) is 8.40. The highest BCUT2D eigenvalue weighted by Gasteiger charge is 1.82. The van der Waals surface area contributed by atoms with Crippen LogP contribution in [0.4, 0.5) is 0 Å². The van der Waals surface area contributed by atoms with Crippen LogP contribution in [0.25, 0.3) is 0 Å². The van der Waals surface area contributed by atoms with Gasteiger partial charge in [-0.05, 0) is 5.56 Å². The topological polar surface area (TPSA) is 23.8 Å². The Bertz CT molecular complexity index is 262. The lowest BCUT2D eigenvalue weighted by atomic mass is 10.2. The predicted molar refractivity (Wildman–Crippen MR) is 40.4 cm³/mol. The van der Waals surface area contributed by atoms with Gasteiger partial charge in [-0.25, -0.2) is 0 Å². The van der Waals surface area contributed by atoms with E-state index in [2.05, 4.69) is 0 Å². The van der Waals surface area contributed by atoms with Crippen molar-refractivity contribution in [2.75, 3.05) is 0 Å². The first kappa shape index (κ1) is 6.98. The fourth-order valence-corrected chi connectivity index (χ4v) is 0.812. The van der Waals surface area contributed by atoms with E-state index in [9.17, 15) is 0 Å². The number of nitriles is 1. The molecule has 0 heterocycles. The molecular formula is C8H5ClN-. The monoisotopic (exact) mass is 150 g/mol. The summed E-state index contributed by atoms with van der Waals surface area (Å²) >= 11 is 5.42. The molecule has 0 N–H and O–H groups in total. The lowest BCUT2D eigenvalue weighted by Gasteiger charge is -2.02. The summed E-state index contributed by atoms with van der Waals surface area (Å²) in [6.07, 6.45) is 0. The van der Waals surface area contributed by atoms with Crippen molar-refractivity contribution in [1.29, 1.82) is 5.26 Å². The van der Waals surface area contributed by atoms with E-state index >= 15 is 0 Å². The Kier molecular flexibility index (Phi) is 2.20. The first-order valence-electron chi connectivity index (χ1n) is 2.80. The van der Waals surface area contributed by atoms with Crippen molar-refractivity contribution in [1.82, 2.24) is 0 Å². The molecule has 0 radical (unpaired) electrons. The number of rotatable bonds is 1. The Morgan fingerprint density at radius 2 is 2.30 bits per heavy atom. The van der Waals surface area contributed by atoms with Crippen LogP contribution in [0.2, 0.25) is 0 Å². The number of benzene rings is 1. The summed E-state index contributed by atoms with van der Waals surface area (Å²) in [5.41, 5.74) is 1.50. The average molecular weight is 151 g/mol. The minimum atomic E-state index is 0.634. The van der Waals surface area contributed by atoms with E-state index in [0.717, 1.165) is 5.56 Å². The van der Waals surface area contributed by atoms with Crippen LogP contribution in [0.3, 0.4) is 0 Å². The summed E-state index contributed by atoms with van der Waals surface area (Å²) in [5, 5.41) is 8.45. The minimum Gasteiger partial charge on any atom is -0.194 e. The van der Waals surface area contributed by atoms with Gasteiger partial charge in [-0.1, -0.05) is 11.9 Å². The van der Waals surface area contributed by atoms with Gasteiger partial charge in [0, 0.05) is 0 Å². The fourth-order valence-electron chi connectivity index (χ4n) is 0.676. The lowest BCUT2D eigenvalue weighted by molar-refractivity contribution is 1.46. The van der Waals surface area contributed by atoms with Crippen LogP contribution in [0.15, 0.2) is 24.3 Å². The van der Waals surface area contributed by atoms with Crippen molar-refractivity contribution in [2.45, 2.75) is 0 Å². The molecular weight excluding hydrogens is 146 g/mol. The molecule has 1 nitrogen and oxygen atoms in total. The third-order valence-corrected chi connectivity index (χ3v) is 1.39. The van der Waals surface area contributed by atoms with Gasteiger partial charge in [0.2, 0.25) is 0 Å². The number of nitrogens with zero attached hydrogens (tertiary/aromatic N) is 1. The Morgan fingerprint density at radius 3 is 2.90 bits per heavy atom. The largest absolute Gasteiger partial charge is 0.194 e. The van der Waals surface area contributed by atoms with Crippen LogP contribution in [0.1, 0.15) is 11.1 Å². The van der Waals surface area contributed by atoms with Crippen LogP contribution < -0.4 is 0 Å². The summed E-state index contributed by atoms with van der Waals surface area (Å²) < 4.78 is 0. The highest BCUT2D eigenvalue weighted by Crippen LogP contribution is 2.07. The zero-order valence-electron chi connectivity index (χ0n) is 5.21. The smallest absolute Gasteiger partial charge is 0.0856 e. The number of halogens is 1. The quantitative estimate of drug-likeness (QED) is 0.564. The van der Waals surface area contributed by atoms with Gasteiger partial charge < -0.3 is 0 Å². The molecule has 1 aromatic rings. The molecule has 0 aliphatic rings. The summed E-state index contributed by atoms with van der Waals surface area (Å²) in [6.45, 7) is 0. The van der Waals surface area contributed by atoms with Crippen molar-refractivity contribution in [2.24, 2.45) is 0 Å². The van der Waals surface area contributed by atoms with Gasteiger partial charge in [0.1, 0.15) is 0 Å². The first-order chi connectivity index (χ1) is 4.86. The number of hydrogen-bond donors (Lipinski definition) is 0. The standard InChI is InChI=1S/C8H5ClN/c9-5-7-2-1-3-8(4-7)6-10/h1-5H/q-1. The van der Waals surface area contributed by atoms with E-state index < -0.39 is 0 Å². The second kappa shape index (κ2) is 3.14. The van der Waals surface area contributed by atoms with E-state index in [0.29, 0.717) is 5.56 Å². The summed E-state index contributed by atoms with van der Waals surface area (Å²) in [4.78, 5) is 0. The molecule has 1 aromatic carbocycles. The van der Waals surface area contributed by atoms with Gasteiger partial charge >= 0.3 is 0 Å². The third kappa shape index (κ3) is 1.43. The van der Waals surface area contributed by atoms with Crippen molar-refractivity contribution < 1.29 is 0 Å². The predicted octanol–water partition coefficient (Wildman–Crippen LogP) is 2.31. The van der Waals surface area contributed by atoms with E-state index in [1.54, 1.807) is 18.2 Å². The van der Waals surface area contributed by atoms with Crippen LogP contribution >= 0.6 is 11.6 Å². The van der Waals surface area contributed by atoms with Crippen LogP contribution in [-0.2, 0) is 0 Å². The maximum absolute atomic E-state index is 8.45. The van der Waals surface area contributed by atoms with Crippen molar-refractivity contribution >= 4 is 11.6 Å².